The van der Waals surface area contributed by atoms with Crippen LogP contribution < -0.4 is 5.32 Å². The zero-order valence-corrected chi connectivity index (χ0v) is 6.33. The number of nitrogens with one attached hydrogen (secondary N) is 1. The fourth-order valence-corrected chi connectivity index (χ4v) is 0.489. The van der Waals surface area contributed by atoms with Gasteiger partial charge in [-0.25, -0.2) is 0 Å². The van der Waals surface area contributed by atoms with Crippen LogP contribution in [0.2, 0.25) is 0 Å². The van der Waals surface area contributed by atoms with Crippen molar-refractivity contribution in [3.8, 4) is 0 Å². The predicted octanol–water partition coefficient (Wildman–Crippen LogP) is 1.73. The van der Waals surface area contributed by atoms with Crippen LogP contribution in [0.15, 0.2) is 24.3 Å². The summed E-state index contributed by atoms with van der Waals surface area (Å²) in [5.74, 6) is 0. The lowest BCUT2D eigenvalue weighted by atomic mass is 10.3. The monoisotopic (exact) mass is 125 g/mol. The highest BCUT2D eigenvalue weighted by atomic mass is 14.8. The van der Waals surface area contributed by atoms with Crippen molar-refractivity contribution in [3.05, 3.63) is 24.3 Å². The molecule has 0 radical (unpaired) electrons. The Morgan fingerprint density at radius 1 is 1.11 bits per heavy atom. The molecule has 0 rings (SSSR count). The zero-order chi connectivity index (χ0) is 7.28. The third kappa shape index (κ3) is 7.44. The van der Waals surface area contributed by atoms with Crippen molar-refractivity contribution in [1.82, 2.24) is 5.32 Å². The van der Waals surface area contributed by atoms with Crippen molar-refractivity contribution in [3.63, 3.8) is 0 Å². The van der Waals surface area contributed by atoms with Gasteiger partial charge in [-0.1, -0.05) is 24.3 Å². The highest BCUT2D eigenvalue weighted by Gasteiger charge is 1.85. The second-order valence-corrected chi connectivity index (χ2v) is 2.52. The normalized spacial score (nSPS) is 9.11. The van der Waals surface area contributed by atoms with Crippen LogP contribution in [0.1, 0.15) is 13.8 Å². The molecule has 1 heteroatoms. The second-order valence-electron chi connectivity index (χ2n) is 2.52. The van der Waals surface area contributed by atoms with Gasteiger partial charge in [-0.2, -0.15) is 0 Å². The van der Waals surface area contributed by atoms with E-state index in [4.69, 9.17) is 0 Å². The third-order valence-corrected chi connectivity index (χ3v) is 0.854. The molecule has 0 aromatic carbocycles. The van der Waals surface area contributed by atoms with Gasteiger partial charge in [0.2, 0.25) is 0 Å². The number of rotatable bonds is 4. The first-order valence-electron chi connectivity index (χ1n) is 3.12. The fourth-order valence-electron chi connectivity index (χ4n) is 0.489. The molecule has 0 atom stereocenters. The Morgan fingerprint density at radius 3 is 1.67 bits per heavy atom. The maximum atomic E-state index is 3.76. The van der Waals surface area contributed by atoms with Gasteiger partial charge >= 0.3 is 0 Å². The summed E-state index contributed by atoms with van der Waals surface area (Å²) in [5.41, 5.74) is 2.33. The first-order valence-corrected chi connectivity index (χ1v) is 3.12. The number of hydrogen-bond donors (Lipinski definition) is 1. The Labute approximate surface area is 57.5 Å². The Bertz CT molecular complexity index is 99.7. The molecule has 0 aromatic heterocycles. The maximum absolute atomic E-state index is 3.76. The van der Waals surface area contributed by atoms with Crippen LogP contribution in [0.25, 0.3) is 0 Å². The number of hydrogen-bond acceptors (Lipinski definition) is 1. The van der Waals surface area contributed by atoms with Gasteiger partial charge in [0.05, 0.1) is 0 Å². The molecule has 0 fully saturated rings. The van der Waals surface area contributed by atoms with Gasteiger partial charge in [-0.05, 0) is 13.8 Å². The summed E-state index contributed by atoms with van der Waals surface area (Å²) in [5, 5.41) is 3.19. The van der Waals surface area contributed by atoms with E-state index in [9.17, 15) is 0 Å². The SMILES string of the molecule is C=C(C)CNCC(=C)C. The van der Waals surface area contributed by atoms with Crippen LogP contribution in [-0.4, -0.2) is 13.1 Å². The van der Waals surface area contributed by atoms with E-state index < -0.39 is 0 Å². The van der Waals surface area contributed by atoms with Crippen molar-refractivity contribution >= 4 is 0 Å². The third-order valence-electron chi connectivity index (χ3n) is 0.854. The van der Waals surface area contributed by atoms with Crippen LogP contribution in [0.4, 0.5) is 0 Å². The van der Waals surface area contributed by atoms with Gasteiger partial charge in [0.1, 0.15) is 0 Å². The average molecular weight is 125 g/mol. The summed E-state index contributed by atoms with van der Waals surface area (Å²) in [7, 11) is 0. The lowest BCUT2D eigenvalue weighted by Crippen LogP contribution is -2.17. The summed E-state index contributed by atoms with van der Waals surface area (Å²) >= 11 is 0. The summed E-state index contributed by atoms with van der Waals surface area (Å²) in [6, 6.07) is 0. The summed E-state index contributed by atoms with van der Waals surface area (Å²) in [6.07, 6.45) is 0. The smallest absolute Gasteiger partial charge is 0.0162 e. The summed E-state index contributed by atoms with van der Waals surface area (Å²) in [6.45, 7) is 13.3. The van der Waals surface area contributed by atoms with E-state index in [1.807, 2.05) is 13.8 Å². The van der Waals surface area contributed by atoms with Gasteiger partial charge in [-0.3, -0.25) is 0 Å². The van der Waals surface area contributed by atoms with Gasteiger partial charge in [0, 0.05) is 13.1 Å². The van der Waals surface area contributed by atoms with Crippen LogP contribution in [0.3, 0.4) is 0 Å². The molecule has 0 unspecified atom stereocenters. The molecule has 0 aliphatic rings. The van der Waals surface area contributed by atoms with Gasteiger partial charge in [-0.15, -0.1) is 0 Å². The van der Waals surface area contributed by atoms with E-state index in [0.29, 0.717) is 0 Å². The van der Waals surface area contributed by atoms with Gasteiger partial charge in [0.25, 0.3) is 0 Å². The second kappa shape index (κ2) is 4.33. The van der Waals surface area contributed by atoms with Crippen LogP contribution in [0.5, 0.6) is 0 Å². The van der Waals surface area contributed by atoms with Crippen molar-refractivity contribution in [2.75, 3.05) is 13.1 Å². The molecule has 0 spiro atoms. The van der Waals surface area contributed by atoms with Crippen molar-refractivity contribution in [2.45, 2.75) is 13.8 Å². The molecule has 52 valence electrons. The van der Waals surface area contributed by atoms with Crippen LogP contribution in [-0.2, 0) is 0 Å². The summed E-state index contributed by atoms with van der Waals surface area (Å²) in [4.78, 5) is 0. The topological polar surface area (TPSA) is 12.0 Å². The molecule has 0 aromatic rings. The Balaban J connectivity index is 3.10. The molecule has 1 nitrogen and oxygen atoms in total. The van der Waals surface area contributed by atoms with E-state index in [1.54, 1.807) is 0 Å². The van der Waals surface area contributed by atoms with E-state index in [-0.39, 0.29) is 0 Å². The molecular formula is C8H15N. The minimum Gasteiger partial charge on any atom is -0.309 e. The van der Waals surface area contributed by atoms with Crippen LogP contribution in [0, 0.1) is 0 Å². The molecule has 0 amide bonds. The Kier molecular flexibility index (Phi) is 4.06. The van der Waals surface area contributed by atoms with E-state index in [1.165, 1.54) is 0 Å². The first kappa shape index (κ1) is 8.44. The molecule has 0 heterocycles. The van der Waals surface area contributed by atoms with E-state index in [0.717, 1.165) is 24.2 Å². The van der Waals surface area contributed by atoms with Crippen LogP contribution >= 0.6 is 0 Å². The molecule has 0 saturated carbocycles. The van der Waals surface area contributed by atoms with Crippen molar-refractivity contribution in [1.29, 1.82) is 0 Å². The molecule has 1 N–H and O–H groups in total. The molecule has 0 aliphatic carbocycles. The van der Waals surface area contributed by atoms with E-state index >= 15 is 0 Å². The molecular weight excluding hydrogens is 110 g/mol. The molecule has 0 saturated heterocycles. The van der Waals surface area contributed by atoms with Crippen molar-refractivity contribution in [2.24, 2.45) is 0 Å². The zero-order valence-electron chi connectivity index (χ0n) is 6.33. The Hall–Kier alpha value is -0.560. The molecule has 0 aliphatic heterocycles. The largest absolute Gasteiger partial charge is 0.309 e. The van der Waals surface area contributed by atoms with Gasteiger partial charge < -0.3 is 5.32 Å². The fraction of sp³-hybridized carbons (Fsp3) is 0.500. The Morgan fingerprint density at radius 2 is 1.44 bits per heavy atom. The highest BCUT2D eigenvalue weighted by Crippen LogP contribution is 1.84. The first-order chi connectivity index (χ1) is 4.13. The molecule has 0 bridgehead atoms. The predicted molar refractivity (Wildman–Crippen MR) is 42.5 cm³/mol. The summed E-state index contributed by atoms with van der Waals surface area (Å²) < 4.78 is 0. The lowest BCUT2D eigenvalue weighted by Gasteiger charge is -2.01. The van der Waals surface area contributed by atoms with Gasteiger partial charge in [0.15, 0.2) is 0 Å². The highest BCUT2D eigenvalue weighted by molar-refractivity contribution is 4.95. The molecule has 9 heavy (non-hydrogen) atoms. The maximum Gasteiger partial charge on any atom is 0.0162 e. The minimum absolute atomic E-state index is 0.896. The van der Waals surface area contributed by atoms with E-state index in [2.05, 4.69) is 18.5 Å². The average Bonchev–Trinajstić information content (AvgIpc) is 1.63. The minimum atomic E-state index is 0.896. The quantitative estimate of drug-likeness (QED) is 0.564. The van der Waals surface area contributed by atoms with Crippen molar-refractivity contribution < 1.29 is 0 Å². The standard InChI is InChI=1S/C8H15N/c1-7(2)5-9-6-8(3)4/h9H,1,3,5-6H2,2,4H3. The lowest BCUT2D eigenvalue weighted by molar-refractivity contribution is 0.793.